The SMILES string of the molecule is C#C.C=C(C)NC.C=O.C=O.CB=O.CCCC.N=Cc1c(N)ccc2nc(-c3ccc(C(=O)N4CCNCC4)cc3)c3c(c12)CCC3. The molecule has 0 atom stereocenters. The summed E-state index contributed by atoms with van der Waals surface area (Å²) in [4.78, 5) is 35.6. The summed E-state index contributed by atoms with van der Waals surface area (Å²) in [5.41, 5.74) is 14.6. The Balaban J connectivity index is 0. The van der Waals surface area contributed by atoms with Gasteiger partial charge in [0.15, 0.2) is 0 Å². The van der Waals surface area contributed by atoms with Crippen LogP contribution in [0.3, 0.4) is 0 Å². The van der Waals surface area contributed by atoms with Gasteiger partial charge in [-0.2, -0.15) is 0 Å². The number of rotatable bonds is 5. The third kappa shape index (κ3) is 13.8. The number of benzene rings is 2. The van der Waals surface area contributed by atoms with Gasteiger partial charge >= 0.3 is 18.7 Å². The summed E-state index contributed by atoms with van der Waals surface area (Å²) in [5.74, 6) is 0.0887. The Kier molecular flexibility index (Phi) is 25.6. The average Bonchev–Trinajstić information content (AvgIpc) is 3.65. The second-order valence-corrected chi connectivity index (χ2v) is 10.3. The molecule has 3 aromatic rings. The monoisotopic (exact) mass is 656 g/mol. The zero-order valence-electron chi connectivity index (χ0n) is 29.4. The molecule has 258 valence electrons. The van der Waals surface area contributed by atoms with Crippen LogP contribution in [0, 0.1) is 18.3 Å². The number of nitrogens with two attached hydrogens (primary N) is 1. The number of unbranched alkanes of at least 4 members (excludes halogenated alkanes) is 1. The number of fused-ring (bicyclic) bond motifs is 3. The fraction of sp³-hybridized carbons (Fsp3) is 0.378. The molecule has 1 aromatic heterocycles. The standard InChI is InChI=1S/C24H25N5O.C4H9N.C4H10.C2H2.CH3BO.2CH2O/c25-14-19-20(26)8-9-21-22(19)17-2-1-3-18(17)23(28-21)15-4-6-16(7-5-15)24(30)29-12-10-27-11-13-29;1-4(2)5-3;1-3-4-2;1-2;1-2-3;2*1-2/h4-9,14,25,27H,1-3,10-13,26H2;5H,1H2,2-3H3;3-4H2,1-2H3;1-2H;1H3;2*1H2. The van der Waals surface area contributed by atoms with Crippen LogP contribution in [0.15, 0.2) is 48.7 Å². The van der Waals surface area contributed by atoms with Crippen LogP contribution < -0.4 is 16.4 Å². The molecule has 2 heterocycles. The predicted molar refractivity (Wildman–Crippen MR) is 201 cm³/mol. The molecule has 11 heteroatoms. The van der Waals surface area contributed by atoms with Gasteiger partial charge in [0.1, 0.15) is 13.6 Å². The van der Waals surface area contributed by atoms with Gasteiger partial charge in [0.05, 0.1) is 11.2 Å². The van der Waals surface area contributed by atoms with Gasteiger partial charge < -0.3 is 36.3 Å². The predicted octanol–water partition coefficient (Wildman–Crippen LogP) is 5.53. The second-order valence-electron chi connectivity index (χ2n) is 10.3. The summed E-state index contributed by atoms with van der Waals surface area (Å²) in [6.45, 7) is 18.5. The largest absolute Gasteiger partial charge is 0.398 e. The van der Waals surface area contributed by atoms with Gasteiger partial charge in [0.2, 0.25) is 0 Å². The topological polar surface area (TPSA) is 158 Å². The number of piperazine rings is 1. The van der Waals surface area contributed by atoms with Crippen LogP contribution in [-0.4, -0.2) is 76.0 Å². The Morgan fingerprint density at radius 3 is 2.00 bits per heavy atom. The van der Waals surface area contributed by atoms with Gasteiger partial charge in [-0.05, 0) is 67.3 Å². The number of nitrogen functional groups attached to an aromatic ring is 1. The molecule has 0 radical (unpaired) electrons. The Bertz CT molecular complexity index is 1430. The van der Waals surface area contributed by atoms with E-state index in [0.717, 1.165) is 91.6 Å². The number of hydrogen-bond donors (Lipinski definition) is 4. The third-order valence-corrected chi connectivity index (χ3v) is 7.18. The van der Waals surface area contributed by atoms with Crippen molar-refractivity contribution >= 4 is 49.4 Å². The van der Waals surface area contributed by atoms with Crippen LogP contribution in [0.25, 0.3) is 22.2 Å². The van der Waals surface area contributed by atoms with Gasteiger partial charge in [-0.1, -0.05) is 45.4 Å². The van der Waals surface area contributed by atoms with E-state index in [9.17, 15) is 4.79 Å². The number of carbonyl (C=O) groups excluding carboxylic acids is 3. The molecule has 0 bridgehead atoms. The molecule has 0 saturated carbocycles. The zero-order valence-corrected chi connectivity index (χ0v) is 29.4. The zero-order chi connectivity index (χ0) is 37.1. The fourth-order valence-corrected chi connectivity index (χ4v) is 4.72. The van der Waals surface area contributed by atoms with E-state index >= 15 is 0 Å². The smallest absolute Gasteiger partial charge is 0.253 e. The van der Waals surface area contributed by atoms with Gasteiger partial charge in [-0.3, -0.25) is 4.79 Å². The molecule has 2 aliphatic rings. The van der Waals surface area contributed by atoms with Crippen LogP contribution in [0.1, 0.15) is 67.1 Å². The van der Waals surface area contributed by atoms with Crippen LogP contribution in [0.4, 0.5) is 5.69 Å². The number of pyridine rings is 1. The van der Waals surface area contributed by atoms with Crippen molar-refractivity contribution in [3.63, 3.8) is 0 Å². The van der Waals surface area contributed by atoms with Crippen molar-refractivity contribution in [1.82, 2.24) is 20.5 Å². The van der Waals surface area contributed by atoms with Crippen LogP contribution in [-0.2, 0) is 27.1 Å². The van der Waals surface area contributed by atoms with Crippen molar-refractivity contribution < 1.29 is 19.1 Å². The maximum absolute atomic E-state index is 12.8. The first-order valence-electron chi connectivity index (χ1n) is 15.8. The Labute approximate surface area is 287 Å². The number of hydrogen-bond acceptors (Lipinski definition) is 9. The normalized spacial score (nSPS) is 11.7. The van der Waals surface area contributed by atoms with E-state index in [1.165, 1.54) is 37.0 Å². The number of nitrogens with zero attached hydrogens (tertiary/aromatic N) is 2. The first-order chi connectivity index (χ1) is 23.3. The van der Waals surface area contributed by atoms with Crippen molar-refractivity contribution in [1.29, 1.82) is 5.41 Å². The van der Waals surface area contributed by atoms with E-state index in [1.807, 2.05) is 68.8 Å². The Morgan fingerprint density at radius 2 is 1.54 bits per heavy atom. The molecule has 1 fully saturated rings. The summed E-state index contributed by atoms with van der Waals surface area (Å²) in [6.07, 6.45) is 15.0. The summed E-state index contributed by atoms with van der Waals surface area (Å²) in [7, 11) is 2.60. The van der Waals surface area contributed by atoms with Gasteiger partial charge in [0.25, 0.3) is 5.91 Å². The third-order valence-electron chi connectivity index (χ3n) is 7.18. The number of amides is 1. The maximum Gasteiger partial charge on any atom is 0.253 e. The minimum atomic E-state index is 0.0887. The van der Waals surface area contributed by atoms with E-state index in [2.05, 4.69) is 43.9 Å². The van der Waals surface area contributed by atoms with Gasteiger partial charge in [-0.15, -0.1) is 12.8 Å². The van der Waals surface area contributed by atoms with Crippen LogP contribution in [0.5, 0.6) is 0 Å². The summed E-state index contributed by atoms with van der Waals surface area (Å²) < 4.78 is 8.81. The van der Waals surface area contributed by atoms with Gasteiger partial charge in [0, 0.05) is 67.2 Å². The van der Waals surface area contributed by atoms with Crippen molar-refractivity contribution in [2.45, 2.75) is 59.7 Å². The summed E-state index contributed by atoms with van der Waals surface area (Å²) >= 11 is 0. The molecule has 0 spiro atoms. The number of aromatic nitrogens is 1. The van der Waals surface area contributed by atoms with Crippen molar-refractivity contribution in [3.05, 3.63) is 70.9 Å². The molecule has 48 heavy (non-hydrogen) atoms. The van der Waals surface area contributed by atoms with E-state index < -0.39 is 0 Å². The Morgan fingerprint density at radius 1 is 1.04 bits per heavy atom. The number of allylic oxidation sites excluding steroid dienone is 1. The number of terminal acetylenes is 1. The molecule has 2 aromatic carbocycles. The van der Waals surface area contributed by atoms with Crippen molar-refractivity contribution in [3.8, 4) is 24.1 Å². The van der Waals surface area contributed by atoms with Crippen LogP contribution in [0.2, 0.25) is 6.82 Å². The number of anilines is 1. The summed E-state index contributed by atoms with van der Waals surface area (Å²) in [6, 6.07) is 11.6. The maximum atomic E-state index is 12.8. The molecule has 5 N–H and O–H groups in total. The molecule has 1 aliphatic heterocycles. The van der Waals surface area contributed by atoms with E-state index in [0.29, 0.717) is 5.69 Å². The van der Waals surface area contributed by atoms with E-state index in [4.69, 9.17) is 30.4 Å². The molecule has 1 aliphatic carbocycles. The molecule has 1 saturated heterocycles. The Hall–Kier alpha value is -4.95. The molecular formula is C37H53BN6O4. The van der Waals surface area contributed by atoms with Crippen LogP contribution >= 0.6 is 0 Å². The molecule has 0 unspecified atom stereocenters. The minimum absolute atomic E-state index is 0.0887. The fourth-order valence-electron chi connectivity index (χ4n) is 4.72. The molecule has 10 nitrogen and oxygen atoms in total. The summed E-state index contributed by atoms with van der Waals surface area (Å²) in [5, 5.41) is 15.0. The molecule has 5 rings (SSSR count). The number of aryl methyl sites for hydroxylation is 1. The van der Waals surface area contributed by atoms with E-state index in [1.54, 1.807) is 0 Å². The van der Waals surface area contributed by atoms with Gasteiger partial charge in [-0.25, -0.2) is 4.98 Å². The minimum Gasteiger partial charge on any atom is -0.398 e. The second kappa shape index (κ2) is 27.2. The first kappa shape index (κ1) is 45.2. The van der Waals surface area contributed by atoms with E-state index in [-0.39, 0.29) is 5.91 Å². The van der Waals surface area contributed by atoms with Crippen molar-refractivity contribution in [2.24, 2.45) is 0 Å². The average molecular weight is 657 g/mol. The first-order valence-corrected chi connectivity index (χ1v) is 15.8. The molecular weight excluding hydrogens is 603 g/mol. The van der Waals surface area contributed by atoms with Crippen molar-refractivity contribution in [2.75, 3.05) is 39.0 Å². The number of nitrogens with one attached hydrogen (secondary N) is 3. The molecule has 1 amide bonds. The number of carbonyl (C=O) groups is 3. The quantitative estimate of drug-likeness (QED) is 0.121.